The average Bonchev–Trinajstić information content (AvgIpc) is 2.85. The molecule has 0 unspecified atom stereocenters. The number of carbonyl (C=O) groups is 2. The fourth-order valence-corrected chi connectivity index (χ4v) is 5.21. The third-order valence-electron chi connectivity index (χ3n) is 5.90. The molecule has 0 saturated heterocycles. The van der Waals surface area contributed by atoms with Crippen LogP contribution in [0.15, 0.2) is 42.5 Å². The molecular weight excluding hydrogens is 537 g/mol. The zero-order valence-corrected chi connectivity index (χ0v) is 24.0. The molecule has 0 aliphatic carbocycles. The molecule has 2 aromatic rings. The second kappa shape index (κ2) is 14.4. The van der Waals surface area contributed by atoms with Crippen LogP contribution in [0.1, 0.15) is 45.1 Å². The lowest BCUT2D eigenvalue weighted by Crippen LogP contribution is -2.48. The summed E-state index contributed by atoms with van der Waals surface area (Å²) in [5.41, 5.74) is 1.02. The molecule has 2 amide bonds. The van der Waals surface area contributed by atoms with Gasteiger partial charge in [0.2, 0.25) is 21.8 Å². The van der Waals surface area contributed by atoms with Gasteiger partial charge in [0, 0.05) is 41.7 Å². The highest BCUT2D eigenvalue weighted by molar-refractivity contribution is 7.92. The van der Waals surface area contributed by atoms with E-state index in [1.807, 2.05) is 6.92 Å². The number of anilines is 1. The third kappa shape index (κ3) is 9.09. The van der Waals surface area contributed by atoms with Crippen molar-refractivity contribution in [3.63, 3.8) is 0 Å². The van der Waals surface area contributed by atoms with Crippen LogP contribution in [0.3, 0.4) is 0 Å². The molecule has 0 aliphatic heterocycles. The second-order valence-electron chi connectivity index (χ2n) is 8.68. The molecule has 0 saturated carbocycles. The first-order valence-electron chi connectivity index (χ1n) is 12.1. The van der Waals surface area contributed by atoms with E-state index in [1.54, 1.807) is 49.4 Å². The molecule has 2 aromatic carbocycles. The molecule has 0 aromatic heterocycles. The van der Waals surface area contributed by atoms with Gasteiger partial charge < -0.3 is 15.0 Å². The Bertz CT molecular complexity index is 1140. The van der Waals surface area contributed by atoms with Gasteiger partial charge in [0.15, 0.2) is 0 Å². The van der Waals surface area contributed by atoms with Crippen LogP contribution < -0.4 is 14.4 Å². The van der Waals surface area contributed by atoms with Gasteiger partial charge in [0.1, 0.15) is 11.8 Å². The van der Waals surface area contributed by atoms with Gasteiger partial charge in [-0.3, -0.25) is 13.9 Å². The number of nitrogens with one attached hydrogen (secondary N) is 1. The molecule has 11 heteroatoms. The molecule has 0 bridgehead atoms. The van der Waals surface area contributed by atoms with E-state index in [0.717, 1.165) is 19.1 Å². The smallest absolute Gasteiger partial charge is 0.242 e. The normalized spacial score (nSPS) is 12.1. The molecule has 37 heavy (non-hydrogen) atoms. The fraction of sp³-hybridized carbons (Fsp3) is 0.462. The van der Waals surface area contributed by atoms with E-state index in [2.05, 4.69) is 5.32 Å². The van der Waals surface area contributed by atoms with Gasteiger partial charge in [0.25, 0.3) is 0 Å². The van der Waals surface area contributed by atoms with E-state index in [9.17, 15) is 18.0 Å². The summed E-state index contributed by atoms with van der Waals surface area (Å²) in [6.45, 7) is 4.34. The van der Waals surface area contributed by atoms with Gasteiger partial charge in [0.05, 0.1) is 19.1 Å². The topological polar surface area (TPSA) is 96.0 Å². The minimum absolute atomic E-state index is 0.0246. The summed E-state index contributed by atoms with van der Waals surface area (Å²) in [5.74, 6) is 0.0192. The Morgan fingerprint density at radius 2 is 1.68 bits per heavy atom. The Morgan fingerprint density at radius 1 is 1.05 bits per heavy atom. The third-order valence-corrected chi connectivity index (χ3v) is 7.80. The molecule has 1 atom stereocenters. The van der Waals surface area contributed by atoms with Crippen LogP contribution in [-0.2, 0) is 26.2 Å². The quantitative estimate of drug-likeness (QED) is 0.326. The number of benzene rings is 2. The minimum atomic E-state index is -3.59. The monoisotopic (exact) mass is 571 g/mol. The average molecular weight is 573 g/mol. The number of hydrogen-bond donors (Lipinski definition) is 1. The lowest BCUT2D eigenvalue weighted by Gasteiger charge is -2.30. The van der Waals surface area contributed by atoms with E-state index in [4.69, 9.17) is 27.9 Å². The number of hydrogen-bond acceptors (Lipinski definition) is 5. The highest BCUT2D eigenvalue weighted by Gasteiger charge is 2.27. The molecule has 0 radical (unpaired) electrons. The maximum Gasteiger partial charge on any atom is 0.242 e. The number of unbranched alkanes of at least 4 members (excludes halogenated alkanes) is 1. The van der Waals surface area contributed by atoms with Gasteiger partial charge in [-0.2, -0.15) is 0 Å². The number of nitrogens with zero attached hydrogens (tertiary/aromatic N) is 2. The highest BCUT2D eigenvalue weighted by atomic mass is 35.5. The van der Waals surface area contributed by atoms with Gasteiger partial charge in [-0.25, -0.2) is 8.42 Å². The first kappa shape index (κ1) is 30.7. The molecule has 8 nitrogen and oxygen atoms in total. The number of carbonyl (C=O) groups excluding carboxylic acids is 2. The number of sulfonamides is 1. The van der Waals surface area contributed by atoms with Gasteiger partial charge in [-0.05, 0) is 56.2 Å². The van der Waals surface area contributed by atoms with E-state index in [1.165, 1.54) is 16.3 Å². The summed E-state index contributed by atoms with van der Waals surface area (Å²) in [6.07, 6.45) is 3.15. The summed E-state index contributed by atoms with van der Waals surface area (Å²) >= 11 is 12.7. The predicted molar refractivity (Wildman–Crippen MR) is 149 cm³/mol. The molecule has 0 aliphatic rings. The predicted octanol–water partition coefficient (Wildman–Crippen LogP) is 4.88. The molecular formula is C26H35Cl2N3O5S. The molecule has 2 rings (SSSR count). The van der Waals surface area contributed by atoms with Gasteiger partial charge in [-0.1, -0.05) is 42.6 Å². The summed E-state index contributed by atoms with van der Waals surface area (Å²) in [4.78, 5) is 27.6. The van der Waals surface area contributed by atoms with Crippen LogP contribution in [0.5, 0.6) is 5.75 Å². The summed E-state index contributed by atoms with van der Waals surface area (Å²) in [6, 6.07) is 10.9. The van der Waals surface area contributed by atoms with Crippen molar-refractivity contribution in [2.75, 3.05) is 30.8 Å². The van der Waals surface area contributed by atoms with E-state index in [-0.39, 0.29) is 37.7 Å². The van der Waals surface area contributed by atoms with Crippen molar-refractivity contribution in [2.24, 2.45) is 0 Å². The van der Waals surface area contributed by atoms with E-state index in [0.29, 0.717) is 33.6 Å². The SMILES string of the molecule is CCCCNC(=O)[C@@H](C)N(Cc1c(Cl)cccc1Cl)C(=O)CCCN(c1ccc(OC)cc1)S(C)(=O)=O. The van der Waals surface area contributed by atoms with E-state index >= 15 is 0 Å². The van der Waals surface area contributed by atoms with Crippen LogP contribution in [0.2, 0.25) is 10.0 Å². The molecule has 0 heterocycles. The summed E-state index contributed by atoms with van der Waals surface area (Å²) < 4.78 is 31.3. The number of ether oxygens (including phenoxy) is 1. The Kier molecular flexibility index (Phi) is 12.0. The van der Waals surface area contributed by atoms with Crippen LogP contribution >= 0.6 is 23.2 Å². The lowest BCUT2D eigenvalue weighted by atomic mass is 10.1. The van der Waals surface area contributed by atoms with Crippen molar-refractivity contribution in [3.8, 4) is 5.75 Å². The number of amides is 2. The first-order valence-corrected chi connectivity index (χ1v) is 14.7. The van der Waals surface area contributed by atoms with Crippen molar-refractivity contribution >= 4 is 50.7 Å². The lowest BCUT2D eigenvalue weighted by molar-refractivity contribution is -0.140. The molecule has 0 fully saturated rings. The maximum absolute atomic E-state index is 13.4. The van der Waals surface area contributed by atoms with Crippen LogP contribution in [0.25, 0.3) is 0 Å². The highest BCUT2D eigenvalue weighted by Crippen LogP contribution is 2.27. The first-order chi connectivity index (χ1) is 17.5. The van der Waals surface area contributed by atoms with Crippen molar-refractivity contribution in [3.05, 3.63) is 58.1 Å². The zero-order valence-electron chi connectivity index (χ0n) is 21.7. The molecule has 1 N–H and O–H groups in total. The van der Waals surface area contributed by atoms with Crippen LogP contribution in [0, 0.1) is 0 Å². The largest absolute Gasteiger partial charge is 0.497 e. The van der Waals surface area contributed by atoms with Crippen molar-refractivity contribution in [1.82, 2.24) is 10.2 Å². The summed E-state index contributed by atoms with van der Waals surface area (Å²) in [5, 5.41) is 3.65. The Labute approximate surface area is 229 Å². The van der Waals surface area contributed by atoms with Crippen LogP contribution in [0.4, 0.5) is 5.69 Å². The number of rotatable bonds is 14. The van der Waals surface area contributed by atoms with Crippen molar-refractivity contribution < 1.29 is 22.7 Å². The summed E-state index contributed by atoms with van der Waals surface area (Å²) in [7, 11) is -2.06. The second-order valence-corrected chi connectivity index (χ2v) is 11.4. The Hall–Kier alpha value is -2.49. The van der Waals surface area contributed by atoms with Crippen LogP contribution in [-0.4, -0.2) is 57.6 Å². The van der Waals surface area contributed by atoms with Crippen molar-refractivity contribution in [2.45, 2.75) is 52.1 Å². The minimum Gasteiger partial charge on any atom is -0.497 e. The van der Waals surface area contributed by atoms with Crippen molar-refractivity contribution in [1.29, 1.82) is 0 Å². The number of methoxy groups -OCH3 is 1. The molecule has 204 valence electrons. The standard InChI is InChI=1S/C26H35Cl2N3O5S/c1-5-6-16-29-26(33)19(2)30(18-22-23(27)9-7-10-24(22)28)25(32)11-8-17-31(37(4,34)35)20-12-14-21(36-3)15-13-20/h7,9-10,12-15,19H,5-6,8,11,16-18H2,1-4H3,(H,29,33)/t19-/m1/s1. The molecule has 0 spiro atoms. The van der Waals surface area contributed by atoms with Gasteiger partial charge in [-0.15, -0.1) is 0 Å². The Morgan fingerprint density at radius 3 is 2.22 bits per heavy atom. The Balaban J connectivity index is 2.19. The van der Waals surface area contributed by atoms with Gasteiger partial charge >= 0.3 is 0 Å². The zero-order chi connectivity index (χ0) is 27.6. The van der Waals surface area contributed by atoms with E-state index < -0.39 is 16.1 Å². The fourth-order valence-electron chi connectivity index (χ4n) is 3.72. The maximum atomic E-state index is 13.4. The number of halogens is 2.